The second kappa shape index (κ2) is 6.18. The van der Waals surface area contributed by atoms with Crippen LogP contribution in [0.4, 0.5) is 0 Å². The number of hydrogen-bond donors (Lipinski definition) is 0. The molecule has 0 atom stereocenters. The largest absolute Gasteiger partial charge is 0.426 e. The highest BCUT2D eigenvalue weighted by molar-refractivity contribution is 7.09. The van der Waals surface area contributed by atoms with Gasteiger partial charge in [0.15, 0.2) is 0 Å². The zero-order valence-electron chi connectivity index (χ0n) is 12.3. The fourth-order valence-corrected chi connectivity index (χ4v) is 2.81. The van der Waals surface area contributed by atoms with Gasteiger partial charge in [0.05, 0.1) is 17.1 Å². The molecule has 0 fully saturated rings. The summed E-state index contributed by atoms with van der Waals surface area (Å²) in [4.78, 5) is 16.4. The standard InChI is InChI=1S/C16H19NO2S/c1-10(2)16-17-13(9-20-16)8-15(18)19-14-6-11(3)5-12(4)7-14/h5-7,9-10H,8H2,1-4H3. The Hall–Kier alpha value is -1.68. The zero-order valence-corrected chi connectivity index (χ0v) is 13.1. The van der Waals surface area contributed by atoms with E-state index < -0.39 is 0 Å². The maximum Gasteiger partial charge on any atom is 0.317 e. The first kappa shape index (κ1) is 14.7. The van der Waals surface area contributed by atoms with Crippen LogP contribution in [-0.4, -0.2) is 11.0 Å². The average Bonchev–Trinajstić information content (AvgIpc) is 2.75. The van der Waals surface area contributed by atoms with Crippen molar-refractivity contribution in [3.05, 3.63) is 45.4 Å². The molecule has 1 heterocycles. The molecule has 0 bridgehead atoms. The Morgan fingerprint density at radius 1 is 1.25 bits per heavy atom. The monoisotopic (exact) mass is 289 g/mol. The summed E-state index contributed by atoms with van der Waals surface area (Å²) in [6, 6.07) is 5.78. The van der Waals surface area contributed by atoms with Crippen LogP contribution in [0, 0.1) is 13.8 Å². The molecule has 0 aliphatic heterocycles. The third-order valence-corrected chi connectivity index (χ3v) is 4.01. The Morgan fingerprint density at radius 3 is 2.45 bits per heavy atom. The summed E-state index contributed by atoms with van der Waals surface area (Å²) >= 11 is 1.59. The topological polar surface area (TPSA) is 39.2 Å². The lowest BCUT2D eigenvalue weighted by atomic mass is 10.1. The van der Waals surface area contributed by atoms with E-state index in [9.17, 15) is 4.79 Å². The van der Waals surface area contributed by atoms with Crippen molar-refractivity contribution in [2.75, 3.05) is 0 Å². The summed E-state index contributed by atoms with van der Waals surface area (Å²) in [5, 5.41) is 2.98. The molecule has 4 heteroatoms. The third-order valence-electron chi connectivity index (χ3n) is 2.82. The number of hydrogen-bond acceptors (Lipinski definition) is 4. The number of carbonyl (C=O) groups excluding carboxylic acids is 1. The van der Waals surface area contributed by atoms with Gasteiger partial charge in [0.1, 0.15) is 5.75 Å². The molecule has 0 N–H and O–H groups in total. The minimum atomic E-state index is -0.268. The zero-order chi connectivity index (χ0) is 14.7. The molecule has 0 spiro atoms. The predicted molar refractivity (Wildman–Crippen MR) is 81.5 cm³/mol. The van der Waals surface area contributed by atoms with Crippen LogP contribution in [0.25, 0.3) is 0 Å². The van der Waals surface area contributed by atoms with Gasteiger partial charge in [0.25, 0.3) is 0 Å². The molecule has 1 aromatic heterocycles. The molecule has 1 aromatic carbocycles. The molecule has 20 heavy (non-hydrogen) atoms. The van der Waals surface area contributed by atoms with Crippen molar-refractivity contribution in [3.8, 4) is 5.75 Å². The number of carbonyl (C=O) groups is 1. The van der Waals surface area contributed by atoms with Gasteiger partial charge in [0.2, 0.25) is 0 Å². The minimum Gasteiger partial charge on any atom is -0.426 e. The Kier molecular flexibility index (Phi) is 4.55. The normalized spacial score (nSPS) is 10.8. The van der Waals surface area contributed by atoms with E-state index in [2.05, 4.69) is 18.8 Å². The summed E-state index contributed by atoms with van der Waals surface area (Å²) in [7, 11) is 0. The summed E-state index contributed by atoms with van der Waals surface area (Å²) in [6.07, 6.45) is 0.218. The second-order valence-electron chi connectivity index (χ2n) is 5.31. The molecular formula is C16H19NO2S. The van der Waals surface area contributed by atoms with E-state index >= 15 is 0 Å². The quantitative estimate of drug-likeness (QED) is 0.630. The molecule has 0 aliphatic carbocycles. The highest BCUT2D eigenvalue weighted by Gasteiger charge is 2.11. The van der Waals surface area contributed by atoms with Gasteiger partial charge in [0, 0.05) is 11.3 Å². The van der Waals surface area contributed by atoms with Crippen LogP contribution >= 0.6 is 11.3 Å². The highest BCUT2D eigenvalue weighted by atomic mass is 32.1. The van der Waals surface area contributed by atoms with Gasteiger partial charge in [-0.25, -0.2) is 4.98 Å². The predicted octanol–water partition coefficient (Wildman–Crippen LogP) is 4.03. The molecule has 0 unspecified atom stereocenters. The SMILES string of the molecule is Cc1cc(C)cc(OC(=O)Cc2csc(C(C)C)n2)c1. The average molecular weight is 289 g/mol. The van der Waals surface area contributed by atoms with Crippen LogP contribution in [0.3, 0.4) is 0 Å². The van der Waals surface area contributed by atoms with Gasteiger partial charge in [-0.05, 0) is 37.1 Å². The number of aryl methyl sites for hydroxylation is 2. The van der Waals surface area contributed by atoms with Crippen LogP contribution in [0.5, 0.6) is 5.75 Å². The molecule has 0 saturated heterocycles. The molecule has 2 rings (SSSR count). The van der Waals surface area contributed by atoms with Crippen molar-refractivity contribution in [2.24, 2.45) is 0 Å². The third kappa shape index (κ3) is 3.90. The van der Waals surface area contributed by atoms with Crippen molar-refractivity contribution < 1.29 is 9.53 Å². The van der Waals surface area contributed by atoms with Crippen LogP contribution in [0.1, 0.15) is 41.6 Å². The fraction of sp³-hybridized carbons (Fsp3) is 0.375. The van der Waals surface area contributed by atoms with Gasteiger partial charge in [-0.15, -0.1) is 11.3 Å². The van der Waals surface area contributed by atoms with Crippen molar-refractivity contribution >= 4 is 17.3 Å². The Bertz CT molecular complexity index is 596. The van der Waals surface area contributed by atoms with E-state index in [1.165, 1.54) is 0 Å². The summed E-state index contributed by atoms with van der Waals surface area (Å²) in [5.41, 5.74) is 2.96. The highest BCUT2D eigenvalue weighted by Crippen LogP contribution is 2.20. The van der Waals surface area contributed by atoms with Crippen molar-refractivity contribution in [1.29, 1.82) is 0 Å². The minimum absolute atomic E-state index is 0.218. The van der Waals surface area contributed by atoms with Crippen molar-refractivity contribution in [3.63, 3.8) is 0 Å². The number of rotatable bonds is 4. The van der Waals surface area contributed by atoms with Gasteiger partial charge in [-0.2, -0.15) is 0 Å². The molecule has 0 amide bonds. The van der Waals surface area contributed by atoms with Gasteiger partial charge in [-0.3, -0.25) is 4.79 Å². The number of nitrogens with zero attached hydrogens (tertiary/aromatic N) is 1. The lowest BCUT2D eigenvalue weighted by molar-refractivity contribution is -0.133. The molecule has 0 aliphatic rings. The van der Waals surface area contributed by atoms with Gasteiger partial charge in [-0.1, -0.05) is 19.9 Å². The van der Waals surface area contributed by atoms with E-state index in [1.807, 2.05) is 37.4 Å². The number of ether oxygens (including phenoxy) is 1. The first-order chi connectivity index (χ1) is 9.44. The molecule has 3 nitrogen and oxygen atoms in total. The van der Waals surface area contributed by atoms with E-state index in [4.69, 9.17) is 4.74 Å². The van der Waals surface area contributed by atoms with E-state index in [-0.39, 0.29) is 12.4 Å². The van der Waals surface area contributed by atoms with E-state index in [0.29, 0.717) is 11.7 Å². The molecule has 0 radical (unpaired) electrons. The number of benzene rings is 1. The lowest BCUT2D eigenvalue weighted by Crippen LogP contribution is -2.11. The van der Waals surface area contributed by atoms with Crippen molar-refractivity contribution in [2.45, 2.75) is 40.0 Å². The Morgan fingerprint density at radius 2 is 1.90 bits per heavy atom. The Labute approximate surface area is 123 Å². The maximum atomic E-state index is 11.9. The molecule has 2 aromatic rings. The second-order valence-corrected chi connectivity index (χ2v) is 6.20. The van der Waals surface area contributed by atoms with Gasteiger partial charge >= 0.3 is 5.97 Å². The molecular weight excluding hydrogens is 270 g/mol. The van der Waals surface area contributed by atoms with Crippen LogP contribution in [0.2, 0.25) is 0 Å². The molecule has 106 valence electrons. The van der Waals surface area contributed by atoms with Crippen LogP contribution < -0.4 is 4.74 Å². The fourth-order valence-electron chi connectivity index (χ4n) is 1.98. The number of thiazole rings is 1. The smallest absolute Gasteiger partial charge is 0.317 e. The molecule has 0 saturated carbocycles. The first-order valence-corrected chi connectivity index (χ1v) is 7.55. The summed E-state index contributed by atoms with van der Waals surface area (Å²) in [6.45, 7) is 8.16. The summed E-state index contributed by atoms with van der Waals surface area (Å²) < 4.78 is 5.38. The number of esters is 1. The van der Waals surface area contributed by atoms with Gasteiger partial charge < -0.3 is 4.74 Å². The lowest BCUT2D eigenvalue weighted by Gasteiger charge is -2.05. The maximum absolute atomic E-state index is 11.9. The number of aromatic nitrogens is 1. The van der Waals surface area contributed by atoms with Crippen LogP contribution in [-0.2, 0) is 11.2 Å². The Balaban J connectivity index is 2.01. The van der Waals surface area contributed by atoms with E-state index in [0.717, 1.165) is 21.8 Å². The van der Waals surface area contributed by atoms with Crippen molar-refractivity contribution in [1.82, 2.24) is 4.98 Å². The van der Waals surface area contributed by atoms with Crippen LogP contribution in [0.15, 0.2) is 23.6 Å². The summed E-state index contributed by atoms with van der Waals surface area (Å²) in [5.74, 6) is 0.728. The first-order valence-electron chi connectivity index (χ1n) is 6.67. The van der Waals surface area contributed by atoms with E-state index in [1.54, 1.807) is 11.3 Å².